The molecule has 0 saturated heterocycles. The summed E-state index contributed by atoms with van der Waals surface area (Å²) < 4.78 is 6.67. The second kappa shape index (κ2) is 5.63. The summed E-state index contributed by atoms with van der Waals surface area (Å²) in [7, 11) is 1.46. The molecule has 6 nitrogen and oxygen atoms in total. The Balaban J connectivity index is 2.05. The summed E-state index contributed by atoms with van der Waals surface area (Å²) in [5.41, 5.74) is 1.27. The fourth-order valence-corrected chi connectivity index (χ4v) is 2.10. The maximum atomic E-state index is 12.1. The lowest BCUT2D eigenvalue weighted by Crippen LogP contribution is -2.32. The van der Waals surface area contributed by atoms with Gasteiger partial charge in [0.25, 0.3) is 5.91 Å². The van der Waals surface area contributed by atoms with Gasteiger partial charge in [0, 0.05) is 6.04 Å². The fourth-order valence-electron chi connectivity index (χ4n) is 2.10. The van der Waals surface area contributed by atoms with Crippen LogP contribution in [0.2, 0.25) is 0 Å². The van der Waals surface area contributed by atoms with Crippen LogP contribution >= 0.6 is 0 Å². The number of hydrogen-bond acceptors (Lipinski definition) is 4. The van der Waals surface area contributed by atoms with Crippen LogP contribution in [0.4, 0.5) is 0 Å². The van der Waals surface area contributed by atoms with Crippen molar-refractivity contribution in [3.8, 4) is 11.6 Å². The topological polar surface area (TPSA) is 73.2 Å². The van der Waals surface area contributed by atoms with E-state index in [4.69, 9.17) is 4.74 Å². The molecule has 1 aliphatic carbocycles. The van der Waals surface area contributed by atoms with Gasteiger partial charge in [-0.2, -0.15) is 5.10 Å². The van der Waals surface area contributed by atoms with Gasteiger partial charge in [0.2, 0.25) is 11.3 Å². The Hall–Kier alpha value is -2.63. The highest BCUT2D eigenvalue weighted by Gasteiger charge is 2.26. The van der Waals surface area contributed by atoms with Gasteiger partial charge in [-0.05, 0) is 31.9 Å². The van der Waals surface area contributed by atoms with E-state index in [9.17, 15) is 9.59 Å². The van der Waals surface area contributed by atoms with Crippen LogP contribution in [-0.2, 0) is 0 Å². The molecule has 0 aliphatic heterocycles. The summed E-state index contributed by atoms with van der Waals surface area (Å²) in [6.45, 7) is 1.98. The molecular weight excluding hydrogens is 282 g/mol. The molecule has 1 aromatic carbocycles. The molecule has 2 aromatic rings. The van der Waals surface area contributed by atoms with Crippen molar-refractivity contribution in [2.75, 3.05) is 7.11 Å². The Bertz CT molecular complexity index is 761. The van der Waals surface area contributed by atoms with E-state index in [1.54, 1.807) is 0 Å². The molecule has 3 rings (SSSR count). The average Bonchev–Trinajstić information content (AvgIpc) is 3.31. The highest BCUT2D eigenvalue weighted by atomic mass is 16.5. The van der Waals surface area contributed by atoms with Crippen LogP contribution in [0.15, 0.2) is 35.1 Å². The van der Waals surface area contributed by atoms with Crippen LogP contribution in [0.5, 0.6) is 5.88 Å². The molecule has 1 heterocycles. The van der Waals surface area contributed by atoms with E-state index in [2.05, 4.69) is 10.4 Å². The van der Waals surface area contributed by atoms with Crippen molar-refractivity contribution in [1.82, 2.24) is 15.1 Å². The third-order valence-corrected chi connectivity index (χ3v) is 3.51. The molecule has 1 aromatic heterocycles. The number of nitrogens with zero attached hydrogens (tertiary/aromatic N) is 2. The maximum absolute atomic E-state index is 12.1. The minimum Gasteiger partial charge on any atom is -0.481 e. The van der Waals surface area contributed by atoms with Crippen LogP contribution < -0.4 is 15.5 Å². The van der Waals surface area contributed by atoms with Crippen molar-refractivity contribution in [2.45, 2.75) is 25.8 Å². The van der Waals surface area contributed by atoms with Gasteiger partial charge in [-0.15, -0.1) is 0 Å². The molecule has 0 bridgehead atoms. The fraction of sp³-hybridized carbons (Fsp3) is 0.312. The second-order valence-electron chi connectivity index (χ2n) is 5.39. The molecule has 0 atom stereocenters. The van der Waals surface area contributed by atoms with Crippen molar-refractivity contribution in [2.24, 2.45) is 0 Å². The Labute approximate surface area is 127 Å². The van der Waals surface area contributed by atoms with E-state index < -0.39 is 11.3 Å². The molecule has 22 heavy (non-hydrogen) atoms. The number of rotatable bonds is 4. The highest BCUT2D eigenvalue weighted by molar-refractivity contribution is 5.92. The molecular formula is C16H17N3O3. The van der Waals surface area contributed by atoms with E-state index in [1.807, 2.05) is 31.2 Å². The molecule has 1 amide bonds. The van der Waals surface area contributed by atoms with Gasteiger partial charge in [-0.1, -0.05) is 17.7 Å². The van der Waals surface area contributed by atoms with Crippen LogP contribution in [0.3, 0.4) is 0 Å². The highest BCUT2D eigenvalue weighted by Crippen LogP contribution is 2.19. The third-order valence-electron chi connectivity index (χ3n) is 3.51. The largest absolute Gasteiger partial charge is 0.481 e. The monoisotopic (exact) mass is 299 g/mol. The standard InChI is InChI=1S/C16H17N3O3/c1-10-3-7-12(8-4-10)19-14(22-2)9-13(20)15(18-19)16(21)17-11-5-6-11/h3-4,7-9,11H,5-6H2,1-2H3,(H,17,21). The second-order valence-corrected chi connectivity index (χ2v) is 5.39. The van der Waals surface area contributed by atoms with Crippen molar-refractivity contribution in [1.29, 1.82) is 0 Å². The number of aryl methyl sites for hydroxylation is 1. The lowest BCUT2D eigenvalue weighted by atomic mass is 10.2. The van der Waals surface area contributed by atoms with Crippen LogP contribution in [-0.4, -0.2) is 28.8 Å². The van der Waals surface area contributed by atoms with Crippen molar-refractivity contribution >= 4 is 5.91 Å². The lowest BCUT2D eigenvalue weighted by Gasteiger charge is -2.12. The third kappa shape index (κ3) is 2.86. The Morgan fingerprint density at radius 2 is 2.00 bits per heavy atom. The normalized spacial score (nSPS) is 13.7. The zero-order chi connectivity index (χ0) is 15.7. The summed E-state index contributed by atoms with van der Waals surface area (Å²) in [5, 5.41) is 6.97. The van der Waals surface area contributed by atoms with E-state index in [0.717, 1.165) is 24.1 Å². The first-order valence-corrected chi connectivity index (χ1v) is 7.15. The molecule has 0 unspecified atom stereocenters. The molecule has 1 fully saturated rings. The molecule has 6 heteroatoms. The van der Waals surface area contributed by atoms with Crippen LogP contribution in [0.25, 0.3) is 5.69 Å². The minimum atomic E-state index is -0.446. The van der Waals surface area contributed by atoms with Gasteiger partial charge in [-0.25, -0.2) is 4.68 Å². The van der Waals surface area contributed by atoms with Crippen molar-refractivity contribution in [3.05, 3.63) is 51.8 Å². The van der Waals surface area contributed by atoms with E-state index in [0.29, 0.717) is 0 Å². The van der Waals surface area contributed by atoms with Crippen molar-refractivity contribution in [3.63, 3.8) is 0 Å². The van der Waals surface area contributed by atoms with Crippen LogP contribution in [0.1, 0.15) is 28.9 Å². The number of nitrogens with one attached hydrogen (secondary N) is 1. The quantitative estimate of drug-likeness (QED) is 0.927. The van der Waals surface area contributed by atoms with Gasteiger partial charge in [0.15, 0.2) is 5.69 Å². The minimum absolute atomic E-state index is 0.117. The summed E-state index contributed by atoms with van der Waals surface area (Å²) in [6.07, 6.45) is 1.90. The summed E-state index contributed by atoms with van der Waals surface area (Å²) in [5.74, 6) is -0.146. The number of methoxy groups -OCH3 is 1. The maximum Gasteiger partial charge on any atom is 0.276 e. The number of carbonyl (C=O) groups excluding carboxylic acids is 1. The number of hydrogen-bond donors (Lipinski definition) is 1. The van der Waals surface area contributed by atoms with Gasteiger partial charge >= 0.3 is 0 Å². The molecule has 1 N–H and O–H groups in total. The SMILES string of the molecule is COc1cc(=O)c(C(=O)NC2CC2)nn1-c1ccc(C)cc1. The number of aromatic nitrogens is 2. The molecule has 114 valence electrons. The first kappa shape index (κ1) is 14.3. The number of ether oxygens (including phenoxy) is 1. The van der Waals surface area contributed by atoms with Crippen LogP contribution in [0, 0.1) is 6.92 Å². The average molecular weight is 299 g/mol. The van der Waals surface area contributed by atoms with Gasteiger partial charge in [-0.3, -0.25) is 9.59 Å². The summed E-state index contributed by atoms with van der Waals surface area (Å²) in [4.78, 5) is 24.2. The Kier molecular flexibility index (Phi) is 3.66. The predicted octanol–water partition coefficient (Wildman–Crippen LogP) is 1.44. The van der Waals surface area contributed by atoms with E-state index >= 15 is 0 Å². The summed E-state index contributed by atoms with van der Waals surface area (Å²) >= 11 is 0. The molecule has 1 saturated carbocycles. The predicted molar refractivity (Wildman–Crippen MR) is 81.6 cm³/mol. The van der Waals surface area contributed by atoms with Gasteiger partial charge < -0.3 is 10.1 Å². The zero-order valence-electron chi connectivity index (χ0n) is 12.5. The number of benzene rings is 1. The van der Waals surface area contributed by atoms with E-state index in [1.165, 1.54) is 17.9 Å². The van der Waals surface area contributed by atoms with E-state index in [-0.39, 0.29) is 17.6 Å². The van der Waals surface area contributed by atoms with Crippen molar-refractivity contribution < 1.29 is 9.53 Å². The smallest absolute Gasteiger partial charge is 0.276 e. The first-order valence-electron chi connectivity index (χ1n) is 7.15. The number of amides is 1. The van der Waals surface area contributed by atoms with Gasteiger partial charge in [0.05, 0.1) is 18.9 Å². The lowest BCUT2D eigenvalue weighted by molar-refractivity contribution is 0.0943. The molecule has 0 spiro atoms. The Morgan fingerprint density at radius 3 is 2.59 bits per heavy atom. The molecule has 1 aliphatic rings. The van der Waals surface area contributed by atoms with Gasteiger partial charge in [0.1, 0.15) is 0 Å². The number of carbonyl (C=O) groups is 1. The first-order chi connectivity index (χ1) is 10.6. The zero-order valence-corrected chi connectivity index (χ0v) is 12.5. The Morgan fingerprint density at radius 1 is 1.32 bits per heavy atom. The molecule has 0 radical (unpaired) electrons. The summed E-state index contributed by atoms with van der Waals surface area (Å²) in [6, 6.07) is 9.03.